The molecule has 1 aromatic rings. The molecule has 0 aliphatic heterocycles. The van der Waals surface area contributed by atoms with Gasteiger partial charge in [0, 0.05) is 25.0 Å². The van der Waals surface area contributed by atoms with Crippen molar-refractivity contribution >= 4 is 23.3 Å². The van der Waals surface area contributed by atoms with Crippen molar-refractivity contribution in [2.45, 2.75) is 20.3 Å². The number of nitrogens with one attached hydrogen (secondary N) is 1. The van der Waals surface area contributed by atoms with Crippen molar-refractivity contribution in [1.82, 2.24) is 5.32 Å². The number of likely N-dealkylation sites (N-methyl/N-ethyl adjacent to an activating group) is 1. The van der Waals surface area contributed by atoms with E-state index in [-0.39, 0.29) is 12.5 Å². The third-order valence-electron chi connectivity index (χ3n) is 3.17. The highest BCUT2D eigenvalue weighted by Crippen LogP contribution is 2.25. The Morgan fingerprint density at radius 1 is 1.38 bits per heavy atom. The Hall–Kier alpha value is -2.24. The van der Waals surface area contributed by atoms with Crippen molar-refractivity contribution < 1.29 is 14.3 Å². The van der Waals surface area contributed by atoms with Crippen molar-refractivity contribution in [3.63, 3.8) is 0 Å². The van der Waals surface area contributed by atoms with Crippen molar-refractivity contribution in [1.29, 1.82) is 0 Å². The lowest BCUT2D eigenvalue weighted by Crippen LogP contribution is -2.35. The van der Waals surface area contributed by atoms with E-state index in [0.29, 0.717) is 17.8 Å². The molecule has 0 aliphatic rings. The molecular weight excluding hydrogens is 270 g/mol. The molecule has 1 rings (SSSR count). The zero-order valence-corrected chi connectivity index (χ0v) is 13.0. The van der Waals surface area contributed by atoms with Gasteiger partial charge in [-0.1, -0.05) is 6.92 Å². The molecule has 0 fully saturated rings. The van der Waals surface area contributed by atoms with Crippen molar-refractivity contribution in [3.8, 4) is 0 Å². The predicted octanol–water partition coefficient (Wildman–Crippen LogP) is 1.33. The van der Waals surface area contributed by atoms with Gasteiger partial charge in [0.2, 0.25) is 5.91 Å². The normalized spacial score (nSPS) is 10.1. The lowest BCUT2D eigenvalue weighted by molar-refractivity contribution is -0.119. The minimum atomic E-state index is -0.485. The Bertz CT molecular complexity index is 529. The Balaban J connectivity index is 2.94. The van der Waals surface area contributed by atoms with Crippen LogP contribution in [0.1, 0.15) is 29.3 Å². The number of aryl methyl sites for hydroxylation is 1. The summed E-state index contributed by atoms with van der Waals surface area (Å²) in [6, 6.07) is 3.48. The summed E-state index contributed by atoms with van der Waals surface area (Å²) in [7, 11) is 3.10. The van der Waals surface area contributed by atoms with Gasteiger partial charge < -0.3 is 20.7 Å². The zero-order chi connectivity index (χ0) is 16.0. The number of carbonyl (C=O) groups excluding carboxylic acids is 2. The van der Waals surface area contributed by atoms with Crippen LogP contribution in [0.2, 0.25) is 0 Å². The summed E-state index contributed by atoms with van der Waals surface area (Å²) >= 11 is 0. The predicted molar refractivity (Wildman–Crippen MR) is 83.5 cm³/mol. The highest BCUT2D eigenvalue weighted by atomic mass is 16.5. The summed E-state index contributed by atoms with van der Waals surface area (Å²) in [6.07, 6.45) is 0.892. The van der Waals surface area contributed by atoms with E-state index in [1.165, 1.54) is 7.11 Å². The van der Waals surface area contributed by atoms with Gasteiger partial charge in [0.05, 0.1) is 19.2 Å². The van der Waals surface area contributed by atoms with Crippen molar-refractivity contribution in [3.05, 3.63) is 23.3 Å². The Labute approximate surface area is 125 Å². The SMILES string of the molecule is CCCNC(=O)CN(C)c1cc(C)c(N)c(C(=O)OC)c1. The van der Waals surface area contributed by atoms with E-state index in [1.807, 2.05) is 19.9 Å². The Morgan fingerprint density at radius 3 is 2.62 bits per heavy atom. The van der Waals surface area contributed by atoms with Gasteiger partial charge in [-0.15, -0.1) is 0 Å². The molecule has 0 bridgehead atoms. The number of benzene rings is 1. The lowest BCUT2D eigenvalue weighted by Gasteiger charge is -2.21. The highest BCUT2D eigenvalue weighted by molar-refractivity contribution is 5.97. The van der Waals surface area contributed by atoms with Gasteiger partial charge in [-0.25, -0.2) is 4.79 Å². The van der Waals surface area contributed by atoms with Crippen molar-refractivity contribution in [2.24, 2.45) is 0 Å². The van der Waals surface area contributed by atoms with Crippen LogP contribution >= 0.6 is 0 Å². The van der Waals surface area contributed by atoms with Gasteiger partial charge >= 0.3 is 5.97 Å². The second-order valence-electron chi connectivity index (χ2n) is 4.92. The molecule has 0 heterocycles. The van der Waals surface area contributed by atoms with E-state index >= 15 is 0 Å². The summed E-state index contributed by atoms with van der Waals surface area (Å²) in [5, 5.41) is 2.81. The molecule has 1 amide bonds. The van der Waals surface area contributed by atoms with E-state index in [1.54, 1.807) is 18.0 Å². The molecule has 3 N–H and O–H groups in total. The number of hydrogen-bond acceptors (Lipinski definition) is 5. The fourth-order valence-electron chi connectivity index (χ4n) is 1.91. The fourth-order valence-corrected chi connectivity index (χ4v) is 1.91. The third-order valence-corrected chi connectivity index (χ3v) is 3.17. The number of methoxy groups -OCH3 is 1. The van der Waals surface area contributed by atoms with Gasteiger partial charge in [0.25, 0.3) is 0 Å². The molecule has 21 heavy (non-hydrogen) atoms. The molecule has 0 spiro atoms. The molecule has 0 aliphatic carbocycles. The topological polar surface area (TPSA) is 84.7 Å². The maximum absolute atomic E-state index is 11.7. The van der Waals surface area contributed by atoms with E-state index < -0.39 is 5.97 Å². The minimum Gasteiger partial charge on any atom is -0.465 e. The van der Waals surface area contributed by atoms with Gasteiger partial charge in [-0.05, 0) is 31.0 Å². The first-order valence-corrected chi connectivity index (χ1v) is 6.87. The molecule has 0 radical (unpaired) electrons. The second kappa shape index (κ2) is 7.52. The second-order valence-corrected chi connectivity index (χ2v) is 4.92. The summed E-state index contributed by atoms with van der Waals surface area (Å²) in [6.45, 7) is 4.68. The Morgan fingerprint density at radius 2 is 2.05 bits per heavy atom. The first kappa shape index (κ1) is 16.8. The number of nitrogens with two attached hydrogens (primary N) is 1. The van der Waals surface area contributed by atoms with E-state index in [4.69, 9.17) is 10.5 Å². The average molecular weight is 293 g/mol. The third kappa shape index (κ3) is 4.37. The number of esters is 1. The summed E-state index contributed by atoms with van der Waals surface area (Å²) in [4.78, 5) is 25.2. The number of ether oxygens (including phenoxy) is 1. The molecule has 0 unspecified atom stereocenters. The summed E-state index contributed by atoms with van der Waals surface area (Å²) in [5.41, 5.74) is 8.12. The standard InChI is InChI=1S/C15H23N3O3/c1-5-6-17-13(19)9-18(3)11-7-10(2)14(16)12(8-11)15(20)21-4/h7-8H,5-6,9,16H2,1-4H3,(H,17,19). The lowest BCUT2D eigenvalue weighted by atomic mass is 10.1. The average Bonchev–Trinajstić information content (AvgIpc) is 2.46. The number of anilines is 2. The highest BCUT2D eigenvalue weighted by Gasteiger charge is 2.16. The number of nitrogens with zero attached hydrogens (tertiary/aromatic N) is 1. The van der Waals surface area contributed by atoms with Crippen LogP contribution in [0.5, 0.6) is 0 Å². The molecule has 0 saturated carbocycles. The molecule has 1 aromatic carbocycles. The van der Waals surface area contributed by atoms with E-state index in [2.05, 4.69) is 5.32 Å². The first-order chi connectivity index (χ1) is 9.90. The van der Waals surface area contributed by atoms with Crippen LogP contribution in [0.15, 0.2) is 12.1 Å². The van der Waals surface area contributed by atoms with Gasteiger partial charge in [0.15, 0.2) is 0 Å². The van der Waals surface area contributed by atoms with Crippen LogP contribution in [0.3, 0.4) is 0 Å². The maximum Gasteiger partial charge on any atom is 0.340 e. The summed E-state index contributed by atoms with van der Waals surface area (Å²) in [5.74, 6) is -0.547. The van der Waals surface area contributed by atoms with Crippen LogP contribution in [0.4, 0.5) is 11.4 Å². The van der Waals surface area contributed by atoms with Crippen LogP contribution in [-0.2, 0) is 9.53 Å². The van der Waals surface area contributed by atoms with Crippen molar-refractivity contribution in [2.75, 3.05) is 37.9 Å². The zero-order valence-electron chi connectivity index (χ0n) is 13.0. The smallest absolute Gasteiger partial charge is 0.340 e. The molecule has 6 nitrogen and oxygen atoms in total. The molecule has 0 atom stereocenters. The van der Waals surface area contributed by atoms with Crippen LogP contribution in [-0.4, -0.2) is 39.1 Å². The number of carbonyl (C=O) groups is 2. The van der Waals surface area contributed by atoms with Crippen LogP contribution < -0.4 is 16.0 Å². The fraction of sp³-hybridized carbons (Fsp3) is 0.467. The monoisotopic (exact) mass is 293 g/mol. The molecule has 116 valence electrons. The van der Waals surface area contributed by atoms with Crippen LogP contribution in [0, 0.1) is 6.92 Å². The minimum absolute atomic E-state index is 0.0616. The quantitative estimate of drug-likeness (QED) is 0.610. The number of amides is 1. The van der Waals surface area contributed by atoms with E-state index in [9.17, 15) is 9.59 Å². The first-order valence-electron chi connectivity index (χ1n) is 6.87. The molecule has 0 aromatic heterocycles. The number of hydrogen-bond donors (Lipinski definition) is 2. The number of nitrogen functional groups attached to an aromatic ring is 1. The van der Waals surface area contributed by atoms with Gasteiger partial charge in [0.1, 0.15) is 0 Å². The van der Waals surface area contributed by atoms with E-state index in [0.717, 1.165) is 17.7 Å². The van der Waals surface area contributed by atoms with Gasteiger partial charge in [-0.2, -0.15) is 0 Å². The largest absolute Gasteiger partial charge is 0.465 e. The molecule has 6 heteroatoms. The molecule has 0 saturated heterocycles. The number of rotatable bonds is 6. The molecular formula is C15H23N3O3. The van der Waals surface area contributed by atoms with Gasteiger partial charge in [-0.3, -0.25) is 4.79 Å². The maximum atomic E-state index is 11.7. The van der Waals surface area contributed by atoms with Crippen LogP contribution in [0.25, 0.3) is 0 Å². The Kier molecular flexibility index (Phi) is 6.02. The summed E-state index contributed by atoms with van der Waals surface area (Å²) < 4.78 is 4.72.